The Morgan fingerprint density at radius 3 is 2.55 bits per heavy atom. The number of benzene rings is 1. The molecule has 29 heavy (non-hydrogen) atoms. The van der Waals surface area contributed by atoms with Gasteiger partial charge in [-0.25, -0.2) is 15.0 Å². The third-order valence-corrected chi connectivity index (χ3v) is 5.75. The molecule has 2 aromatic heterocycles. The van der Waals surface area contributed by atoms with Crippen molar-refractivity contribution >= 4 is 29.0 Å². The molecule has 1 aliphatic heterocycles. The number of piperidine rings is 1. The van der Waals surface area contributed by atoms with E-state index in [1.54, 1.807) is 18.6 Å². The van der Waals surface area contributed by atoms with E-state index in [1.165, 1.54) is 0 Å². The molecule has 1 amide bonds. The smallest absolute Gasteiger partial charge is 0.227 e. The monoisotopic (exact) mass is 410 g/mol. The first kappa shape index (κ1) is 19.4. The lowest BCUT2D eigenvalue weighted by molar-refractivity contribution is -0.120. The van der Waals surface area contributed by atoms with Gasteiger partial charge in [0.1, 0.15) is 23.8 Å². The maximum absolute atomic E-state index is 12.6. The van der Waals surface area contributed by atoms with Crippen LogP contribution < -0.4 is 10.2 Å². The average Bonchev–Trinajstić information content (AvgIpc) is 3.17. The second-order valence-electron chi connectivity index (χ2n) is 7.29. The van der Waals surface area contributed by atoms with E-state index in [0.717, 1.165) is 54.6 Å². The highest BCUT2D eigenvalue weighted by Crippen LogP contribution is 2.25. The number of anilines is 2. The Bertz CT molecular complexity index is 1030. The molecular weight excluding hydrogens is 388 g/mol. The number of hydrogen-bond donors (Lipinski definition) is 1. The summed E-state index contributed by atoms with van der Waals surface area (Å²) in [5.41, 5.74) is 1.73. The van der Waals surface area contributed by atoms with E-state index in [0.29, 0.717) is 5.02 Å². The van der Waals surface area contributed by atoms with Gasteiger partial charge in [-0.2, -0.15) is 0 Å². The van der Waals surface area contributed by atoms with Gasteiger partial charge in [0.05, 0.1) is 0 Å². The second kappa shape index (κ2) is 8.21. The van der Waals surface area contributed by atoms with Gasteiger partial charge < -0.3 is 10.2 Å². The van der Waals surface area contributed by atoms with Crippen LogP contribution in [-0.4, -0.2) is 38.5 Å². The van der Waals surface area contributed by atoms with Crippen LogP contribution in [0.3, 0.4) is 0 Å². The number of aromatic nitrogens is 4. The molecule has 3 aromatic rings. The number of imidazole rings is 1. The highest BCUT2D eigenvalue weighted by molar-refractivity contribution is 6.31. The van der Waals surface area contributed by atoms with Crippen molar-refractivity contribution < 1.29 is 4.79 Å². The Labute approximate surface area is 174 Å². The van der Waals surface area contributed by atoms with Crippen LogP contribution in [0.25, 0.3) is 5.82 Å². The van der Waals surface area contributed by atoms with Crippen molar-refractivity contribution in [2.45, 2.75) is 26.7 Å². The van der Waals surface area contributed by atoms with Gasteiger partial charge in [0.15, 0.2) is 0 Å². The fraction of sp³-hybridized carbons (Fsp3) is 0.333. The predicted molar refractivity (Wildman–Crippen MR) is 114 cm³/mol. The summed E-state index contributed by atoms with van der Waals surface area (Å²) in [4.78, 5) is 27.9. The Kier molecular flexibility index (Phi) is 5.49. The molecule has 1 aromatic carbocycles. The van der Waals surface area contributed by atoms with Gasteiger partial charge in [0.25, 0.3) is 0 Å². The minimum Gasteiger partial charge on any atom is -0.356 e. The lowest BCUT2D eigenvalue weighted by Crippen LogP contribution is -2.38. The van der Waals surface area contributed by atoms with Crippen LogP contribution in [0.4, 0.5) is 11.5 Å². The van der Waals surface area contributed by atoms with E-state index in [-0.39, 0.29) is 11.8 Å². The number of amides is 1. The van der Waals surface area contributed by atoms with E-state index in [2.05, 4.69) is 25.2 Å². The molecule has 1 N–H and O–H groups in total. The van der Waals surface area contributed by atoms with Crippen molar-refractivity contribution in [1.29, 1.82) is 0 Å². The Morgan fingerprint density at radius 2 is 1.86 bits per heavy atom. The Morgan fingerprint density at radius 1 is 1.10 bits per heavy atom. The highest BCUT2D eigenvalue weighted by Gasteiger charge is 2.26. The van der Waals surface area contributed by atoms with Crippen LogP contribution in [-0.2, 0) is 4.79 Å². The van der Waals surface area contributed by atoms with Gasteiger partial charge in [0.2, 0.25) is 5.91 Å². The maximum atomic E-state index is 12.6. The zero-order chi connectivity index (χ0) is 20.4. The zero-order valence-electron chi connectivity index (χ0n) is 16.5. The molecule has 0 radical (unpaired) electrons. The molecule has 0 spiro atoms. The lowest BCUT2D eigenvalue weighted by Gasteiger charge is -2.32. The number of nitrogens with one attached hydrogen (secondary N) is 1. The van der Waals surface area contributed by atoms with Crippen molar-refractivity contribution in [2.75, 3.05) is 23.3 Å². The molecule has 7 nitrogen and oxygen atoms in total. The van der Waals surface area contributed by atoms with Crippen molar-refractivity contribution in [2.24, 2.45) is 5.92 Å². The van der Waals surface area contributed by atoms with Gasteiger partial charge in [0, 0.05) is 48.2 Å². The minimum absolute atomic E-state index is 0.0245. The SMILES string of the molecule is Cc1ccc(NC(=O)C2CCN(c3cc(-n4ccnc4C)ncn3)CC2)cc1Cl. The van der Waals surface area contributed by atoms with Gasteiger partial charge >= 0.3 is 0 Å². The summed E-state index contributed by atoms with van der Waals surface area (Å²) >= 11 is 6.15. The first-order valence-electron chi connectivity index (χ1n) is 9.65. The Hall–Kier alpha value is -2.93. The van der Waals surface area contributed by atoms with Gasteiger partial charge in [-0.1, -0.05) is 17.7 Å². The van der Waals surface area contributed by atoms with E-state index in [1.807, 2.05) is 42.8 Å². The molecule has 0 bridgehead atoms. The summed E-state index contributed by atoms with van der Waals surface area (Å²) in [7, 11) is 0. The molecule has 8 heteroatoms. The second-order valence-corrected chi connectivity index (χ2v) is 7.70. The van der Waals surface area contributed by atoms with Crippen molar-refractivity contribution in [1.82, 2.24) is 19.5 Å². The number of halogens is 1. The van der Waals surface area contributed by atoms with Crippen LogP contribution in [0.15, 0.2) is 43.0 Å². The standard InChI is InChI=1S/C21H23ClN6O/c1-14-3-4-17(11-18(14)22)26-21(29)16-5-8-27(9-6-16)19-12-20(25-13-24-19)28-10-7-23-15(28)2/h3-4,7,10-13,16H,5-6,8-9H2,1-2H3,(H,26,29). The fourth-order valence-corrected chi connectivity index (χ4v) is 3.73. The summed E-state index contributed by atoms with van der Waals surface area (Å²) < 4.78 is 1.93. The molecule has 0 unspecified atom stereocenters. The van der Waals surface area contributed by atoms with Crippen molar-refractivity contribution in [3.05, 3.63) is 59.4 Å². The van der Waals surface area contributed by atoms with Crippen LogP contribution in [0.5, 0.6) is 0 Å². The van der Waals surface area contributed by atoms with Crippen molar-refractivity contribution in [3.8, 4) is 5.82 Å². The number of carbonyl (C=O) groups excluding carboxylic acids is 1. The normalized spacial score (nSPS) is 14.8. The number of hydrogen-bond acceptors (Lipinski definition) is 5. The molecule has 0 atom stereocenters. The van der Waals surface area contributed by atoms with E-state index >= 15 is 0 Å². The summed E-state index contributed by atoms with van der Waals surface area (Å²) in [6, 6.07) is 7.55. The van der Waals surface area contributed by atoms with Crippen LogP contribution in [0, 0.1) is 19.8 Å². The third-order valence-electron chi connectivity index (χ3n) is 5.34. The van der Waals surface area contributed by atoms with Crippen LogP contribution in [0.1, 0.15) is 24.2 Å². The van der Waals surface area contributed by atoms with E-state index in [9.17, 15) is 4.79 Å². The molecule has 1 fully saturated rings. The molecule has 4 rings (SSSR count). The number of aryl methyl sites for hydroxylation is 2. The topological polar surface area (TPSA) is 75.9 Å². The molecule has 3 heterocycles. The van der Waals surface area contributed by atoms with E-state index < -0.39 is 0 Å². The largest absolute Gasteiger partial charge is 0.356 e. The molecule has 1 aliphatic rings. The lowest BCUT2D eigenvalue weighted by atomic mass is 9.95. The number of nitrogens with zero attached hydrogens (tertiary/aromatic N) is 5. The summed E-state index contributed by atoms with van der Waals surface area (Å²) in [6.45, 7) is 5.42. The maximum Gasteiger partial charge on any atom is 0.227 e. The molecule has 0 aliphatic carbocycles. The van der Waals surface area contributed by atoms with Crippen LogP contribution in [0.2, 0.25) is 5.02 Å². The van der Waals surface area contributed by atoms with E-state index in [4.69, 9.17) is 11.6 Å². The van der Waals surface area contributed by atoms with Crippen LogP contribution >= 0.6 is 11.6 Å². The summed E-state index contributed by atoms with van der Waals surface area (Å²) in [6.07, 6.45) is 6.76. The summed E-state index contributed by atoms with van der Waals surface area (Å²) in [5.74, 6) is 2.56. The number of rotatable bonds is 4. The summed E-state index contributed by atoms with van der Waals surface area (Å²) in [5, 5.41) is 3.65. The first-order valence-corrected chi connectivity index (χ1v) is 10.0. The van der Waals surface area contributed by atoms with Crippen molar-refractivity contribution in [3.63, 3.8) is 0 Å². The van der Waals surface area contributed by atoms with Gasteiger partial charge in [-0.05, 0) is 44.4 Å². The Balaban J connectivity index is 1.38. The van der Waals surface area contributed by atoms with Gasteiger partial charge in [-0.3, -0.25) is 9.36 Å². The first-order chi connectivity index (χ1) is 14.0. The molecular formula is C21H23ClN6O. The van der Waals surface area contributed by atoms with Gasteiger partial charge in [-0.15, -0.1) is 0 Å². The average molecular weight is 411 g/mol. The minimum atomic E-state index is -0.0245. The fourth-order valence-electron chi connectivity index (χ4n) is 3.55. The number of carbonyl (C=O) groups is 1. The quantitative estimate of drug-likeness (QED) is 0.708. The molecule has 0 saturated carbocycles. The predicted octanol–water partition coefficient (Wildman–Crippen LogP) is 3.79. The molecule has 1 saturated heterocycles. The highest BCUT2D eigenvalue weighted by atomic mass is 35.5. The molecule has 150 valence electrons. The third kappa shape index (κ3) is 4.24. The zero-order valence-corrected chi connectivity index (χ0v) is 17.2.